The Morgan fingerprint density at radius 1 is 1.37 bits per heavy atom. The second kappa shape index (κ2) is 9.53. The molecule has 1 aromatic carbocycles. The van der Waals surface area contributed by atoms with Gasteiger partial charge in [-0.2, -0.15) is 0 Å². The van der Waals surface area contributed by atoms with E-state index in [0.717, 1.165) is 43.9 Å². The number of methoxy groups -OCH3 is 2. The van der Waals surface area contributed by atoms with Crippen molar-refractivity contribution in [1.29, 1.82) is 0 Å². The van der Waals surface area contributed by atoms with Crippen LogP contribution in [0, 0.1) is 0 Å². The van der Waals surface area contributed by atoms with Crippen molar-refractivity contribution in [3.63, 3.8) is 0 Å². The van der Waals surface area contributed by atoms with Gasteiger partial charge in [-0.1, -0.05) is 17.3 Å². The maximum Gasteiger partial charge on any atom is 0.289 e. The van der Waals surface area contributed by atoms with E-state index in [1.54, 1.807) is 20.3 Å². The molecule has 1 amide bonds. The van der Waals surface area contributed by atoms with Gasteiger partial charge < -0.3 is 19.3 Å². The zero-order valence-corrected chi connectivity index (χ0v) is 15.9. The average Bonchev–Trinajstić information content (AvgIpc) is 3.19. The van der Waals surface area contributed by atoms with Crippen molar-refractivity contribution in [2.24, 2.45) is 0 Å². The van der Waals surface area contributed by atoms with Gasteiger partial charge in [-0.3, -0.25) is 9.69 Å². The Morgan fingerprint density at radius 3 is 3.07 bits per heavy atom. The summed E-state index contributed by atoms with van der Waals surface area (Å²) in [6, 6.07) is 9.92. The molecule has 1 saturated heterocycles. The van der Waals surface area contributed by atoms with Crippen molar-refractivity contribution in [2.75, 3.05) is 40.5 Å². The van der Waals surface area contributed by atoms with Gasteiger partial charge in [-0.15, -0.1) is 0 Å². The van der Waals surface area contributed by atoms with Gasteiger partial charge in [0.25, 0.3) is 5.91 Å². The summed E-state index contributed by atoms with van der Waals surface area (Å²) >= 11 is 0. The van der Waals surface area contributed by atoms with Crippen molar-refractivity contribution in [3.05, 3.63) is 47.3 Å². The zero-order valence-electron chi connectivity index (χ0n) is 15.9. The molecule has 2 heterocycles. The minimum Gasteiger partial charge on any atom is -0.497 e. The highest BCUT2D eigenvalue weighted by Crippen LogP contribution is 2.28. The molecule has 0 radical (unpaired) electrons. The third-order valence-corrected chi connectivity index (χ3v) is 4.81. The molecule has 0 spiro atoms. The Balaban J connectivity index is 1.58. The lowest BCUT2D eigenvalue weighted by molar-refractivity contribution is 0.0900. The maximum absolute atomic E-state index is 12.1. The lowest BCUT2D eigenvalue weighted by Crippen LogP contribution is -2.34. The number of ether oxygens (including phenoxy) is 2. The number of rotatable bonds is 8. The van der Waals surface area contributed by atoms with Crippen LogP contribution >= 0.6 is 0 Å². The summed E-state index contributed by atoms with van der Waals surface area (Å²) in [5.74, 6) is 1.15. The van der Waals surface area contributed by atoms with Gasteiger partial charge in [0.2, 0.25) is 5.76 Å². The Labute approximate surface area is 159 Å². The number of nitrogens with zero attached hydrogens (tertiary/aromatic N) is 2. The van der Waals surface area contributed by atoms with Crippen molar-refractivity contribution < 1.29 is 18.8 Å². The standard InChI is InChI=1S/C20H27N3O4/c1-25-10-8-21-20(24)19-12-18(22-27-19)16-6-4-9-23(14-16)13-15-5-3-7-17(11-15)26-2/h3,5,7,11-12,16H,4,6,8-10,13-14H2,1-2H3,(H,21,24)/t16-/m0/s1. The molecule has 3 rings (SSSR count). The molecule has 1 atom stereocenters. The van der Waals surface area contributed by atoms with Crippen molar-refractivity contribution >= 4 is 5.91 Å². The lowest BCUT2D eigenvalue weighted by atomic mass is 9.94. The zero-order chi connectivity index (χ0) is 19.1. The fourth-order valence-corrected chi connectivity index (χ4v) is 3.41. The number of nitrogens with one attached hydrogen (secondary N) is 1. The van der Waals surface area contributed by atoms with E-state index in [2.05, 4.69) is 27.5 Å². The highest BCUT2D eigenvalue weighted by molar-refractivity contribution is 5.91. The molecule has 1 aromatic heterocycles. The molecule has 7 heteroatoms. The van der Waals surface area contributed by atoms with Crippen LogP contribution in [0.4, 0.5) is 0 Å². The van der Waals surface area contributed by atoms with E-state index < -0.39 is 0 Å². The van der Waals surface area contributed by atoms with Crippen LogP contribution < -0.4 is 10.1 Å². The van der Waals surface area contributed by atoms with E-state index in [4.69, 9.17) is 14.0 Å². The Hall–Kier alpha value is -2.38. The highest BCUT2D eigenvalue weighted by Gasteiger charge is 2.25. The summed E-state index contributed by atoms with van der Waals surface area (Å²) in [7, 11) is 3.28. The van der Waals surface area contributed by atoms with Crippen LogP contribution in [0.2, 0.25) is 0 Å². The molecule has 0 aliphatic carbocycles. The van der Waals surface area contributed by atoms with E-state index >= 15 is 0 Å². The van der Waals surface area contributed by atoms with Crippen LogP contribution in [0.25, 0.3) is 0 Å². The number of aromatic nitrogens is 1. The number of benzene rings is 1. The van der Waals surface area contributed by atoms with Gasteiger partial charge in [0.1, 0.15) is 5.75 Å². The molecule has 146 valence electrons. The summed E-state index contributed by atoms with van der Waals surface area (Å²) in [4.78, 5) is 14.5. The monoisotopic (exact) mass is 373 g/mol. The first kappa shape index (κ1) is 19.4. The minimum absolute atomic E-state index is 0.255. The predicted molar refractivity (Wildman–Crippen MR) is 101 cm³/mol. The number of hydrogen-bond acceptors (Lipinski definition) is 6. The van der Waals surface area contributed by atoms with Crippen molar-refractivity contribution in [1.82, 2.24) is 15.4 Å². The van der Waals surface area contributed by atoms with Crippen molar-refractivity contribution in [2.45, 2.75) is 25.3 Å². The molecule has 1 fully saturated rings. The van der Waals surface area contributed by atoms with Crippen LogP contribution in [-0.4, -0.2) is 56.4 Å². The van der Waals surface area contributed by atoms with Gasteiger partial charge in [0, 0.05) is 38.7 Å². The van der Waals surface area contributed by atoms with Crippen LogP contribution in [0.1, 0.15) is 40.6 Å². The molecular weight excluding hydrogens is 346 g/mol. The Bertz CT molecular complexity index is 746. The van der Waals surface area contributed by atoms with Crippen molar-refractivity contribution in [3.8, 4) is 5.75 Å². The Kier molecular flexibility index (Phi) is 6.84. The number of amides is 1. The minimum atomic E-state index is -0.255. The first-order valence-electron chi connectivity index (χ1n) is 9.28. The molecule has 2 aromatic rings. The molecule has 27 heavy (non-hydrogen) atoms. The molecule has 7 nitrogen and oxygen atoms in total. The van der Waals surface area contributed by atoms with Gasteiger partial charge in [0.15, 0.2) is 0 Å². The van der Waals surface area contributed by atoms with E-state index in [9.17, 15) is 4.79 Å². The summed E-state index contributed by atoms with van der Waals surface area (Å²) in [5, 5.41) is 6.89. The van der Waals surface area contributed by atoms with Crippen LogP contribution in [0.3, 0.4) is 0 Å². The third-order valence-electron chi connectivity index (χ3n) is 4.81. The number of likely N-dealkylation sites (tertiary alicyclic amines) is 1. The largest absolute Gasteiger partial charge is 0.497 e. The molecule has 0 saturated carbocycles. The summed E-state index contributed by atoms with van der Waals surface area (Å²) in [5.41, 5.74) is 2.08. The highest BCUT2D eigenvalue weighted by atomic mass is 16.5. The van der Waals surface area contributed by atoms with Gasteiger partial charge in [-0.25, -0.2) is 0 Å². The van der Waals surface area contributed by atoms with Crippen LogP contribution in [0.5, 0.6) is 5.75 Å². The van der Waals surface area contributed by atoms with Gasteiger partial charge in [0.05, 0.1) is 19.4 Å². The normalized spacial score (nSPS) is 17.6. The maximum atomic E-state index is 12.1. The average molecular weight is 373 g/mol. The van der Waals surface area contributed by atoms with Gasteiger partial charge in [-0.05, 0) is 37.1 Å². The molecule has 1 N–H and O–H groups in total. The predicted octanol–water partition coefficient (Wildman–Crippen LogP) is 2.44. The van der Waals surface area contributed by atoms with Gasteiger partial charge >= 0.3 is 0 Å². The van der Waals surface area contributed by atoms with E-state index in [-0.39, 0.29) is 17.6 Å². The Morgan fingerprint density at radius 2 is 2.26 bits per heavy atom. The summed E-state index contributed by atoms with van der Waals surface area (Å²) < 4.78 is 15.5. The number of hydrogen-bond donors (Lipinski definition) is 1. The second-order valence-electron chi connectivity index (χ2n) is 6.79. The third kappa shape index (κ3) is 5.30. The fraction of sp³-hybridized carbons (Fsp3) is 0.500. The first-order chi connectivity index (χ1) is 13.2. The number of piperidine rings is 1. The van der Waals surface area contributed by atoms with Crippen LogP contribution in [0.15, 0.2) is 34.9 Å². The van der Waals surface area contributed by atoms with Crippen LogP contribution in [-0.2, 0) is 11.3 Å². The topological polar surface area (TPSA) is 76.8 Å². The molecule has 1 aliphatic rings. The van der Waals surface area contributed by atoms with E-state index in [0.29, 0.717) is 13.2 Å². The first-order valence-corrected chi connectivity index (χ1v) is 9.28. The van der Waals surface area contributed by atoms with E-state index in [1.165, 1.54) is 5.56 Å². The summed E-state index contributed by atoms with van der Waals surface area (Å²) in [6.45, 7) is 3.73. The molecule has 0 unspecified atom stereocenters. The number of carbonyl (C=O) groups excluding carboxylic acids is 1. The number of carbonyl (C=O) groups is 1. The summed E-state index contributed by atoms with van der Waals surface area (Å²) in [6.07, 6.45) is 2.14. The molecule has 0 bridgehead atoms. The quantitative estimate of drug-likeness (QED) is 0.716. The van der Waals surface area contributed by atoms with E-state index in [1.807, 2.05) is 12.1 Å². The fourth-order valence-electron chi connectivity index (χ4n) is 3.41. The lowest BCUT2D eigenvalue weighted by Gasteiger charge is -2.31. The smallest absolute Gasteiger partial charge is 0.289 e. The second-order valence-corrected chi connectivity index (χ2v) is 6.79. The molecular formula is C20H27N3O4. The molecule has 1 aliphatic heterocycles. The SMILES string of the molecule is COCCNC(=O)c1cc([C@H]2CCCN(Cc3cccc(OC)c3)C2)no1.